The molecule has 0 fully saturated rings. The van der Waals surface area contributed by atoms with Crippen LogP contribution in [-0.4, -0.2) is 66.1 Å². The van der Waals surface area contributed by atoms with Gasteiger partial charge in [0, 0.05) is 18.7 Å². The normalized spacial score (nSPS) is 12.0. The van der Waals surface area contributed by atoms with Crippen LogP contribution < -0.4 is 20.7 Å². The van der Waals surface area contributed by atoms with Crippen LogP contribution in [0.3, 0.4) is 0 Å². The highest BCUT2D eigenvalue weighted by Gasteiger charge is 2.28. The van der Waals surface area contributed by atoms with E-state index in [1.807, 2.05) is 39.8 Å². The maximum atomic E-state index is 14.7. The van der Waals surface area contributed by atoms with Crippen LogP contribution in [0.15, 0.2) is 54.6 Å². The number of anilines is 1. The van der Waals surface area contributed by atoms with Crippen molar-refractivity contribution < 1.29 is 23.5 Å². The van der Waals surface area contributed by atoms with E-state index < -0.39 is 23.7 Å². The molecule has 0 bridgehead atoms. The van der Waals surface area contributed by atoms with Gasteiger partial charge in [-0.15, -0.1) is 5.10 Å². The van der Waals surface area contributed by atoms with Crippen LogP contribution in [-0.2, 0) is 11.3 Å². The van der Waals surface area contributed by atoms with Gasteiger partial charge in [-0.05, 0) is 86.9 Å². The molecule has 3 amide bonds. The van der Waals surface area contributed by atoms with E-state index in [4.69, 9.17) is 4.74 Å². The second-order valence-electron chi connectivity index (χ2n) is 11.5. The summed E-state index contributed by atoms with van der Waals surface area (Å²) in [6.45, 7) is 8.94. The lowest BCUT2D eigenvalue weighted by molar-refractivity contribution is -0.118. The van der Waals surface area contributed by atoms with Crippen LogP contribution >= 0.6 is 0 Å². The molecule has 2 aromatic carbocycles. The number of hydrogen-bond donors (Lipinski definition) is 3. The molecule has 11 heteroatoms. The van der Waals surface area contributed by atoms with Crippen molar-refractivity contribution in [3.63, 3.8) is 0 Å². The van der Waals surface area contributed by atoms with E-state index in [-0.39, 0.29) is 29.2 Å². The van der Waals surface area contributed by atoms with Gasteiger partial charge < -0.3 is 25.6 Å². The van der Waals surface area contributed by atoms with Gasteiger partial charge >= 0.3 is 0 Å². The fourth-order valence-corrected chi connectivity index (χ4v) is 3.93. The molecule has 0 radical (unpaired) electrons. The van der Waals surface area contributed by atoms with Crippen molar-refractivity contribution in [2.75, 3.05) is 32.6 Å². The zero-order valence-corrected chi connectivity index (χ0v) is 25.0. The van der Waals surface area contributed by atoms with E-state index in [2.05, 4.69) is 26.1 Å². The van der Waals surface area contributed by atoms with E-state index in [1.54, 1.807) is 43.3 Å². The Morgan fingerprint density at radius 3 is 2.31 bits per heavy atom. The van der Waals surface area contributed by atoms with E-state index >= 15 is 0 Å². The standard InChI is InChI=1S/C31H39FN6O4/c1-20-7-14-27(37-36-20)35-30(41)26(18-31(2,3)4)34-29(40)24-17-21(8-13-25(24)32)19-33-28(39)22-9-11-23(12-10-22)42-16-15-38(5)6/h7-14,17,26H,15-16,18-19H2,1-6H3,(H,33,39)(H,34,40)(H,35,37,41)/t26-/m0/s1. The van der Waals surface area contributed by atoms with Gasteiger partial charge in [0.2, 0.25) is 5.91 Å². The molecule has 3 rings (SSSR count). The Hall–Kier alpha value is -4.38. The first-order valence-corrected chi connectivity index (χ1v) is 13.7. The van der Waals surface area contributed by atoms with Crippen LogP contribution in [0.1, 0.15) is 59.2 Å². The first kappa shape index (κ1) is 32.1. The summed E-state index contributed by atoms with van der Waals surface area (Å²) in [4.78, 5) is 40.9. The first-order chi connectivity index (χ1) is 19.8. The molecule has 1 atom stereocenters. The number of amides is 3. The minimum absolute atomic E-state index is 0.0679. The SMILES string of the molecule is Cc1ccc(NC(=O)[C@H](CC(C)(C)C)NC(=O)c2cc(CNC(=O)c3ccc(OCCN(C)C)cc3)ccc2F)nn1. The minimum Gasteiger partial charge on any atom is -0.492 e. The zero-order chi connectivity index (χ0) is 30.9. The highest BCUT2D eigenvalue weighted by Crippen LogP contribution is 2.22. The Morgan fingerprint density at radius 1 is 0.976 bits per heavy atom. The molecule has 42 heavy (non-hydrogen) atoms. The molecule has 0 spiro atoms. The van der Waals surface area contributed by atoms with Crippen LogP contribution in [0.2, 0.25) is 0 Å². The van der Waals surface area contributed by atoms with Gasteiger partial charge in [0.25, 0.3) is 11.8 Å². The highest BCUT2D eigenvalue weighted by molar-refractivity contribution is 6.01. The molecule has 3 N–H and O–H groups in total. The average molecular weight is 579 g/mol. The molecule has 0 saturated carbocycles. The largest absolute Gasteiger partial charge is 0.492 e. The summed E-state index contributed by atoms with van der Waals surface area (Å²) in [7, 11) is 3.92. The minimum atomic E-state index is -0.960. The van der Waals surface area contributed by atoms with Crippen molar-refractivity contribution in [2.45, 2.75) is 46.7 Å². The molecule has 1 heterocycles. The number of ether oxygens (including phenoxy) is 1. The first-order valence-electron chi connectivity index (χ1n) is 13.7. The van der Waals surface area contributed by atoms with Crippen molar-refractivity contribution in [2.24, 2.45) is 5.41 Å². The summed E-state index contributed by atoms with van der Waals surface area (Å²) in [5.41, 5.74) is 1.09. The van der Waals surface area contributed by atoms with Gasteiger partial charge in [0.1, 0.15) is 24.2 Å². The number of carbonyl (C=O) groups is 3. The molecule has 224 valence electrons. The third kappa shape index (κ3) is 10.2. The fraction of sp³-hybridized carbons (Fsp3) is 0.387. The lowest BCUT2D eigenvalue weighted by atomic mass is 9.87. The summed E-state index contributed by atoms with van der Waals surface area (Å²) in [5, 5.41) is 16.0. The Balaban J connectivity index is 1.65. The van der Waals surface area contributed by atoms with Gasteiger partial charge in [-0.1, -0.05) is 26.8 Å². The Morgan fingerprint density at radius 2 is 1.69 bits per heavy atom. The molecule has 0 saturated heterocycles. The molecule has 0 unspecified atom stereocenters. The number of aryl methyl sites for hydroxylation is 1. The van der Waals surface area contributed by atoms with Crippen molar-refractivity contribution >= 4 is 23.5 Å². The van der Waals surface area contributed by atoms with Gasteiger partial charge in [-0.2, -0.15) is 5.10 Å². The number of halogens is 1. The van der Waals surface area contributed by atoms with E-state index in [9.17, 15) is 18.8 Å². The number of carbonyl (C=O) groups excluding carboxylic acids is 3. The second-order valence-corrected chi connectivity index (χ2v) is 11.5. The van der Waals surface area contributed by atoms with E-state index in [0.717, 1.165) is 12.6 Å². The van der Waals surface area contributed by atoms with Crippen molar-refractivity contribution in [3.05, 3.63) is 82.8 Å². The molecule has 0 aliphatic heterocycles. The highest BCUT2D eigenvalue weighted by atomic mass is 19.1. The molecule has 0 aliphatic rings. The van der Waals surface area contributed by atoms with Gasteiger partial charge in [-0.25, -0.2) is 4.39 Å². The predicted molar refractivity (Wildman–Crippen MR) is 159 cm³/mol. The topological polar surface area (TPSA) is 126 Å². The Bertz CT molecular complexity index is 1370. The molecular weight excluding hydrogens is 539 g/mol. The van der Waals surface area contributed by atoms with Gasteiger partial charge in [-0.3, -0.25) is 14.4 Å². The van der Waals surface area contributed by atoms with Crippen LogP contribution in [0.5, 0.6) is 5.75 Å². The molecular formula is C31H39FN6O4. The monoisotopic (exact) mass is 578 g/mol. The summed E-state index contributed by atoms with van der Waals surface area (Å²) < 4.78 is 20.4. The fourth-order valence-electron chi connectivity index (χ4n) is 3.93. The number of rotatable bonds is 12. The maximum absolute atomic E-state index is 14.7. The summed E-state index contributed by atoms with van der Waals surface area (Å²) in [6.07, 6.45) is 0.292. The Labute approximate surface area is 246 Å². The second kappa shape index (κ2) is 14.5. The number of aromatic nitrogens is 2. The quantitative estimate of drug-likeness (QED) is 0.297. The number of benzene rings is 2. The predicted octanol–water partition coefficient (Wildman–Crippen LogP) is 3.97. The summed E-state index contributed by atoms with van der Waals surface area (Å²) in [5.74, 6) is -1.40. The lowest BCUT2D eigenvalue weighted by Crippen LogP contribution is -2.46. The van der Waals surface area contributed by atoms with E-state index in [0.29, 0.717) is 35.6 Å². The maximum Gasteiger partial charge on any atom is 0.254 e. The van der Waals surface area contributed by atoms with Gasteiger partial charge in [0.05, 0.1) is 11.3 Å². The zero-order valence-electron chi connectivity index (χ0n) is 25.0. The molecule has 3 aromatic rings. The van der Waals surface area contributed by atoms with Crippen molar-refractivity contribution in [3.8, 4) is 5.75 Å². The number of hydrogen-bond acceptors (Lipinski definition) is 7. The van der Waals surface area contributed by atoms with Crippen LogP contribution in [0, 0.1) is 18.2 Å². The number of nitrogens with zero attached hydrogens (tertiary/aromatic N) is 3. The van der Waals surface area contributed by atoms with Crippen molar-refractivity contribution in [1.29, 1.82) is 0 Å². The smallest absolute Gasteiger partial charge is 0.254 e. The molecule has 0 aliphatic carbocycles. The lowest BCUT2D eigenvalue weighted by Gasteiger charge is -2.26. The van der Waals surface area contributed by atoms with Crippen molar-refractivity contribution in [1.82, 2.24) is 25.7 Å². The third-order valence-corrected chi connectivity index (χ3v) is 6.14. The Kier molecular flexibility index (Phi) is 11.1. The number of likely N-dealkylation sites (N-methyl/N-ethyl adjacent to an activating group) is 1. The van der Waals surface area contributed by atoms with Crippen LogP contribution in [0.4, 0.5) is 10.2 Å². The van der Waals surface area contributed by atoms with Gasteiger partial charge in [0.15, 0.2) is 5.82 Å². The number of nitrogens with one attached hydrogen (secondary N) is 3. The summed E-state index contributed by atoms with van der Waals surface area (Å²) in [6, 6.07) is 13.1. The molecule has 10 nitrogen and oxygen atoms in total. The average Bonchev–Trinajstić information content (AvgIpc) is 2.92. The molecule has 1 aromatic heterocycles. The summed E-state index contributed by atoms with van der Waals surface area (Å²) >= 11 is 0. The van der Waals surface area contributed by atoms with E-state index in [1.165, 1.54) is 12.1 Å². The third-order valence-electron chi connectivity index (χ3n) is 6.14. The van der Waals surface area contributed by atoms with Crippen LogP contribution in [0.25, 0.3) is 0 Å².